The van der Waals surface area contributed by atoms with Crippen molar-refractivity contribution in [2.75, 3.05) is 0 Å². The molecule has 0 aromatic carbocycles. The Labute approximate surface area is 83.3 Å². The molecule has 1 heterocycles. The summed E-state index contributed by atoms with van der Waals surface area (Å²) in [5.74, 6) is 1.44. The van der Waals surface area contributed by atoms with Crippen LogP contribution < -0.4 is 0 Å². The first kappa shape index (κ1) is 9.65. The first-order valence-corrected chi connectivity index (χ1v) is 5.07. The smallest absolute Gasteiger partial charge is 0.230 e. The predicted molar refractivity (Wildman–Crippen MR) is 50.6 cm³/mol. The van der Waals surface area contributed by atoms with E-state index in [0.29, 0.717) is 17.6 Å². The summed E-state index contributed by atoms with van der Waals surface area (Å²) in [6.45, 7) is 4.32. The maximum Gasteiger partial charge on any atom is 0.230 e. The van der Waals surface area contributed by atoms with E-state index in [0.717, 1.165) is 6.42 Å². The topological polar surface area (TPSA) is 59.2 Å². The molecule has 1 aromatic heterocycles. The van der Waals surface area contributed by atoms with E-state index in [9.17, 15) is 0 Å². The molecule has 0 bridgehead atoms. The number of rotatable bonds is 2. The summed E-state index contributed by atoms with van der Waals surface area (Å²) in [6.07, 6.45) is 3.53. The Morgan fingerprint density at radius 2 is 2.36 bits per heavy atom. The number of aliphatic hydroxyl groups excluding tert-OH is 1. The molecule has 1 unspecified atom stereocenters. The van der Waals surface area contributed by atoms with Crippen LogP contribution in [0.1, 0.15) is 50.7 Å². The van der Waals surface area contributed by atoms with Crippen LogP contribution in [0, 0.1) is 5.41 Å². The van der Waals surface area contributed by atoms with Crippen LogP contribution in [0.5, 0.6) is 0 Å². The van der Waals surface area contributed by atoms with Crippen molar-refractivity contribution in [1.82, 2.24) is 10.1 Å². The van der Waals surface area contributed by atoms with Gasteiger partial charge in [-0.05, 0) is 18.3 Å². The molecule has 1 saturated carbocycles. The first-order valence-electron chi connectivity index (χ1n) is 5.07. The quantitative estimate of drug-likeness (QED) is 0.784. The van der Waals surface area contributed by atoms with Crippen molar-refractivity contribution < 1.29 is 9.63 Å². The fourth-order valence-electron chi connectivity index (χ4n) is 2.26. The maximum absolute atomic E-state index is 8.84. The molecule has 14 heavy (non-hydrogen) atoms. The third-order valence-electron chi connectivity index (χ3n) is 3.18. The van der Waals surface area contributed by atoms with Gasteiger partial charge in [-0.25, -0.2) is 0 Å². The van der Waals surface area contributed by atoms with Crippen molar-refractivity contribution in [1.29, 1.82) is 0 Å². The molecule has 1 atom stereocenters. The molecule has 4 nitrogen and oxygen atoms in total. The van der Waals surface area contributed by atoms with E-state index < -0.39 is 0 Å². The Bertz CT molecular complexity index is 320. The van der Waals surface area contributed by atoms with Gasteiger partial charge in [-0.1, -0.05) is 25.4 Å². The fraction of sp³-hybridized carbons (Fsp3) is 0.800. The molecule has 1 aliphatic rings. The highest BCUT2D eigenvalue weighted by Crippen LogP contribution is 2.48. The second-order valence-corrected chi connectivity index (χ2v) is 4.64. The van der Waals surface area contributed by atoms with E-state index in [2.05, 4.69) is 24.0 Å². The lowest BCUT2D eigenvalue weighted by Gasteiger charge is -2.23. The van der Waals surface area contributed by atoms with Crippen LogP contribution in [0.15, 0.2) is 4.52 Å². The monoisotopic (exact) mass is 196 g/mol. The van der Waals surface area contributed by atoms with Crippen molar-refractivity contribution in [3.8, 4) is 0 Å². The van der Waals surface area contributed by atoms with E-state index in [1.165, 1.54) is 12.8 Å². The summed E-state index contributed by atoms with van der Waals surface area (Å²) in [5.41, 5.74) is 0.249. The largest absolute Gasteiger partial charge is 0.388 e. The Morgan fingerprint density at radius 3 is 2.86 bits per heavy atom. The minimum absolute atomic E-state index is 0.142. The van der Waals surface area contributed by atoms with Gasteiger partial charge in [-0.2, -0.15) is 4.98 Å². The van der Waals surface area contributed by atoms with Gasteiger partial charge in [0.1, 0.15) is 6.61 Å². The standard InChI is InChI=1S/C10H16N2O2/c1-10(2)5-3-4-7(10)9-11-8(6-13)12-14-9/h7,13H,3-6H2,1-2H3. The number of aliphatic hydroxyl groups is 1. The summed E-state index contributed by atoms with van der Waals surface area (Å²) in [4.78, 5) is 4.18. The second-order valence-electron chi connectivity index (χ2n) is 4.64. The van der Waals surface area contributed by atoms with Gasteiger partial charge in [0.05, 0.1) is 0 Å². The molecule has 1 N–H and O–H groups in total. The zero-order chi connectivity index (χ0) is 10.2. The molecule has 4 heteroatoms. The van der Waals surface area contributed by atoms with Gasteiger partial charge in [0.2, 0.25) is 5.89 Å². The van der Waals surface area contributed by atoms with Gasteiger partial charge >= 0.3 is 0 Å². The minimum Gasteiger partial charge on any atom is -0.388 e. The molecule has 0 spiro atoms. The normalized spacial score (nSPS) is 25.5. The third kappa shape index (κ3) is 1.54. The van der Waals surface area contributed by atoms with Crippen molar-refractivity contribution in [2.24, 2.45) is 5.41 Å². The summed E-state index contributed by atoms with van der Waals surface area (Å²) >= 11 is 0. The van der Waals surface area contributed by atoms with E-state index in [1.54, 1.807) is 0 Å². The average Bonchev–Trinajstić information content (AvgIpc) is 2.70. The van der Waals surface area contributed by atoms with Crippen LogP contribution in [-0.2, 0) is 6.61 Å². The predicted octanol–water partition coefficient (Wildman–Crippen LogP) is 1.86. The molecule has 2 rings (SSSR count). The van der Waals surface area contributed by atoms with Gasteiger partial charge in [0.15, 0.2) is 5.82 Å². The van der Waals surface area contributed by atoms with Crippen molar-refractivity contribution in [3.63, 3.8) is 0 Å². The van der Waals surface area contributed by atoms with Gasteiger partial charge in [0, 0.05) is 5.92 Å². The molecule has 0 radical (unpaired) electrons. The highest BCUT2D eigenvalue weighted by molar-refractivity contribution is 5.03. The van der Waals surface area contributed by atoms with Crippen LogP contribution in [0.3, 0.4) is 0 Å². The van der Waals surface area contributed by atoms with E-state index >= 15 is 0 Å². The first-order chi connectivity index (χ1) is 6.63. The summed E-state index contributed by atoms with van der Waals surface area (Å²) < 4.78 is 5.15. The zero-order valence-corrected chi connectivity index (χ0v) is 8.66. The van der Waals surface area contributed by atoms with Crippen LogP contribution >= 0.6 is 0 Å². The number of nitrogens with zero attached hydrogens (tertiary/aromatic N) is 2. The molecule has 0 aliphatic heterocycles. The highest BCUT2D eigenvalue weighted by Gasteiger charge is 2.38. The number of aromatic nitrogens is 2. The zero-order valence-electron chi connectivity index (χ0n) is 8.66. The summed E-state index contributed by atoms with van der Waals surface area (Å²) in [6, 6.07) is 0. The van der Waals surface area contributed by atoms with Crippen LogP contribution in [-0.4, -0.2) is 15.2 Å². The van der Waals surface area contributed by atoms with Crippen molar-refractivity contribution in [3.05, 3.63) is 11.7 Å². The van der Waals surface area contributed by atoms with Crippen LogP contribution in [0.2, 0.25) is 0 Å². The summed E-state index contributed by atoms with van der Waals surface area (Å²) in [7, 11) is 0. The van der Waals surface area contributed by atoms with Gasteiger partial charge in [-0.3, -0.25) is 0 Å². The Kier molecular flexibility index (Phi) is 2.31. The summed E-state index contributed by atoms with van der Waals surface area (Å²) in [5, 5.41) is 12.5. The lowest BCUT2D eigenvalue weighted by atomic mass is 9.82. The van der Waals surface area contributed by atoms with Gasteiger partial charge < -0.3 is 9.63 Å². The number of hydrogen-bond donors (Lipinski definition) is 1. The maximum atomic E-state index is 8.84. The van der Waals surface area contributed by atoms with Gasteiger partial charge in [-0.15, -0.1) is 0 Å². The van der Waals surface area contributed by atoms with Crippen LogP contribution in [0.25, 0.3) is 0 Å². The van der Waals surface area contributed by atoms with E-state index in [1.807, 2.05) is 0 Å². The Balaban J connectivity index is 2.22. The molecular weight excluding hydrogens is 180 g/mol. The molecule has 0 saturated heterocycles. The molecular formula is C10H16N2O2. The number of hydrogen-bond acceptors (Lipinski definition) is 4. The fourth-order valence-corrected chi connectivity index (χ4v) is 2.26. The second kappa shape index (κ2) is 3.35. The minimum atomic E-state index is -0.142. The Hall–Kier alpha value is -0.900. The van der Waals surface area contributed by atoms with E-state index in [-0.39, 0.29) is 12.0 Å². The Morgan fingerprint density at radius 1 is 1.57 bits per heavy atom. The van der Waals surface area contributed by atoms with Gasteiger partial charge in [0.25, 0.3) is 0 Å². The molecule has 78 valence electrons. The van der Waals surface area contributed by atoms with Crippen molar-refractivity contribution in [2.45, 2.75) is 45.6 Å². The molecule has 1 aromatic rings. The average molecular weight is 196 g/mol. The van der Waals surface area contributed by atoms with Crippen LogP contribution in [0.4, 0.5) is 0 Å². The molecule has 1 aliphatic carbocycles. The van der Waals surface area contributed by atoms with E-state index in [4.69, 9.17) is 9.63 Å². The van der Waals surface area contributed by atoms with Crippen molar-refractivity contribution >= 4 is 0 Å². The molecule has 1 fully saturated rings. The third-order valence-corrected chi connectivity index (χ3v) is 3.18. The lowest BCUT2D eigenvalue weighted by molar-refractivity contribution is 0.250. The lowest BCUT2D eigenvalue weighted by Crippen LogP contribution is -2.15. The highest BCUT2D eigenvalue weighted by atomic mass is 16.5. The molecule has 0 amide bonds. The SMILES string of the molecule is CC1(C)CCCC1c1nc(CO)no1.